The van der Waals surface area contributed by atoms with Gasteiger partial charge in [0, 0.05) is 22.8 Å². The van der Waals surface area contributed by atoms with E-state index in [9.17, 15) is 4.79 Å². The van der Waals surface area contributed by atoms with Crippen molar-refractivity contribution < 1.29 is 9.90 Å². The van der Waals surface area contributed by atoms with Crippen LogP contribution < -0.4 is 5.32 Å². The van der Waals surface area contributed by atoms with E-state index in [-0.39, 0.29) is 0 Å². The molecule has 0 radical (unpaired) electrons. The van der Waals surface area contributed by atoms with E-state index in [1.807, 2.05) is 11.4 Å². The van der Waals surface area contributed by atoms with Gasteiger partial charge in [-0.1, -0.05) is 0 Å². The van der Waals surface area contributed by atoms with Crippen LogP contribution in [0.15, 0.2) is 17.5 Å². The summed E-state index contributed by atoms with van der Waals surface area (Å²) in [5.74, 6) is -0.843. The lowest BCUT2D eigenvalue weighted by molar-refractivity contribution is 0.0701. The van der Waals surface area contributed by atoms with E-state index in [0.29, 0.717) is 11.4 Å². The number of carbonyl (C=O) groups is 1. The quantitative estimate of drug-likeness (QED) is 0.883. The van der Waals surface area contributed by atoms with Gasteiger partial charge in [0.05, 0.1) is 0 Å². The molecule has 2 heterocycles. The largest absolute Gasteiger partial charge is 0.477 e. The second-order valence-electron chi connectivity index (χ2n) is 4.14. The topological polar surface area (TPSA) is 49.3 Å². The SMILES string of the molecule is Cc1cc(CNCc2ccsc2C(=O)O)sc1C. The number of hydrogen-bond acceptors (Lipinski definition) is 4. The van der Waals surface area contributed by atoms with Gasteiger partial charge in [-0.05, 0) is 42.5 Å². The van der Waals surface area contributed by atoms with Gasteiger partial charge in [-0.3, -0.25) is 0 Å². The number of hydrogen-bond donors (Lipinski definition) is 2. The fourth-order valence-corrected chi connectivity index (χ4v) is 3.50. The molecule has 0 spiro atoms. The monoisotopic (exact) mass is 281 g/mol. The van der Waals surface area contributed by atoms with Crippen LogP contribution in [-0.4, -0.2) is 11.1 Å². The summed E-state index contributed by atoms with van der Waals surface area (Å²) in [7, 11) is 0. The second-order valence-corrected chi connectivity index (χ2v) is 6.39. The zero-order valence-corrected chi connectivity index (χ0v) is 12.0. The van der Waals surface area contributed by atoms with Crippen LogP contribution in [0.5, 0.6) is 0 Å². The van der Waals surface area contributed by atoms with Gasteiger partial charge in [-0.2, -0.15) is 0 Å². The standard InChI is InChI=1S/C13H15NO2S2/c1-8-5-11(18-9(8)2)7-14-6-10-3-4-17-12(10)13(15)16/h3-5,14H,6-7H2,1-2H3,(H,15,16). The Morgan fingerprint density at radius 2 is 2.17 bits per heavy atom. The third-order valence-electron chi connectivity index (χ3n) is 2.77. The van der Waals surface area contributed by atoms with Crippen molar-refractivity contribution in [3.8, 4) is 0 Å². The molecule has 0 fully saturated rings. The molecule has 0 saturated carbocycles. The van der Waals surface area contributed by atoms with Gasteiger partial charge in [0.25, 0.3) is 0 Å². The highest BCUT2D eigenvalue weighted by Gasteiger charge is 2.11. The summed E-state index contributed by atoms with van der Waals surface area (Å²) in [6, 6.07) is 4.05. The van der Waals surface area contributed by atoms with Crippen LogP contribution in [0.4, 0.5) is 0 Å². The molecule has 0 aliphatic heterocycles. The van der Waals surface area contributed by atoms with Crippen molar-refractivity contribution >= 4 is 28.6 Å². The Hall–Kier alpha value is -1.17. The minimum Gasteiger partial charge on any atom is -0.477 e. The van der Waals surface area contributed by atoms with Crippen molar-refractivity contribution in [3.05, 3.63) is 43.3 Å². The first-order valence-corrected chi connectivity index (χ1v) is 7.34. The Labute approximate surface area is 114 Å². The summed E-state index contributed by atoms with van der Waals surface area (Å²) in [5.41, 5.74) is 2.18. The number of rotatable bonds is 5. The fraction of sp³-hybridized carbons (Fsp3) is 0.308. The van der Waals surface area contributed by atoms with Gasteiger partial charge in [-0.25, -0.2) is 4.79 Å². The van der Waals surface area contributed by atoms with Crippen LogP contribution in [0.25, 0.3) is 0 Å². The normalized spacial score (nSPS) is 10.8. The first-order chi connectivity index (χ1) is 8.58. The number of carboxylic acids is 1. The summed E-state index contributed by atoms with van der Waals surface area (Å²) >= 11 is 3.06. The molecule has 3 nitrogen and oxygen atoms in total. The number of aryl methyl sites for hydroxylation is 2. The Morgan fingerprint density at radius 3 is 2.78 bits per heavy atom. The number of nitrogens with one attached hydrogen (secondary N) is 1. The lowest BCUT2D eigenvalue weighted by Gasteiger charge is -2.02. The zero-order valence-electron chi connectivity index (χ0n) is 10.3. The van der Waals surface area contributed by atoms with Crippen LogP contribution in [0.2, 0.25) is 0 Å². The maximum Gasteiger partial charge on any atom is 0.346 e. The van der Waals surface area contributed by atoms with Gasteiger partial charge in [0.1, 0.15) is 4.88 Å². The molecule has 2 rings (SSSR count). The summed E-state index contributed by atoms with van der Waals surface area (Å²) in [4.78, 5) is 14.0. The molecule has 2 aromatic heterocycles. The highest BCUT2D eigenvalue weighted by molar-refractivity contribution is 7.12. The Balaban J connectivity index is 1.92. The second kappa shape index (κ2) is 5.65. The lowest BCUT2D eigenvalue weighted by atomic mass is 10.2. The van der Waals surface area contributed by atoms with E-state index in [0.717, 1.165) is 12.1 Å². The highest BCUT2D eigenvalue weighted by atomic mass is 32.1. The third kappa shape index (κ3) is 2.98. The average Bonchev–Trinajstić information content (AvgIpc) is 2.87. The van der Waals surface area contributed by atoms with Gasteiger partial charge in [-0.15, -0.1) is 22.7 Å². The predicted molar refractivity (Wildman–Crippen MR) is 75.6 cm³/mol. The maximum absolute atomic E-state index is 10.9. The molecular formula is C13H15NO2S2. The molecule has 5 heteroatoms. The van der Waals surface area contributed by atoms with Gasteiger partial charge >= 0.3 is 5.97 Å². The molecular weight excluding hydrogens is 266 g/mol. The van der Waals surface area contributed by atoms with Crippen LogP contribution in [0.1, 0.15) is 30.6 Å². The summed E-state index contributed by atoms with van der Waals surface area (Å²) in [6.45, 7) is 5.61. The Bertz CT molecular complexity index is 538. The molecule has 0 saturated heterocycles. The molecule has 2 aromatic rings. The number of carboxylic acid groups (broad SMARTS) is 1. The van der Waals surface area contributed by atoms with Crippen molar-refractivity contribution in [1.29, 1.82) is 0 Å². The van der Waals surface area contributed by atoms with Crippen molar-refractivity contribution in [3.63, 3.8) is 0 Å². The van der Waals surface area contributed by atoms with Gasteiger partial charge in [0.2, 0.25) is 0 Å². The zero-order chi connectivity index (χ0) is 13.1. The van der Waals surface area contributed by atoms with Crippen LogP contribution in [-0.2, 0) is 13.1 Å². The molecule has 0 atom stereocenters. The van der Waals surface area contributed by atoms with E-state index >= 15 is 0 Å². The molecule has 0 amide bonds. The van der Waals surface area contributed by atoms with Gasteiger partial charge in [0.15, 0.2) is 0 Å². The van der Waals surface area contributed by atoms with E-state index < -0.39 is 5.97 Å². The van der Waals surface area contributed by atoms with Crippen molar-refractivity contribution in [2.45, 2.75) is 26.9 Å². The lowest BCUT2D eigenvalue weighted by Crippen LogP contribution is -2.13. The first-order valence-electron chi connectivity index (χ1n) is 5.64. The number of aromatic carboxylic acids is 1. The molecule has 96 valence electrons. The highest BCUT2D eigenvalue weighted by Crippen LogP contribution is 2.21. The third-order valence-corrected chi connectivity index (χ3v) is 4.87. The van der Waals surface area contributed by atoms with Crippen molar-refractivity contribution in [2.75, 3.05) is 0 Å². The van der Waals surface area contributed by atoms with E-state index in [2.05, 4.69) is 25.2 Å². The number of thiophene rings is 2. The molecule has 0 aromatic carbocycles. The van der Waals surface area contributed by atoms with Crippen LogP contribution >= 0.6 is 22.7 Å². The van der Waals surface area contributed by atoms with E-state index in [4.69, 9.17) is 5.11 Å². The summed E-state index contributed by atoms with van der Waals surface area (Å²) in [5, 5.41) is 14.1. The maximum atomic E-state index is 10.9. The minimum absolute atomic E-state index is 0.432. The Kier molecular flexibility index (Phi) is 4.16. The average molecular weight is 281 g/mol. The molecule has 2 N–H and O–H groups in total. The smallest absolute Gasteiger partial charge is 0.346 e. The molecule has 0 aliphatic rings. The van der Waals surface area contributed by atoms with Crippen LogP contribution in [0.3, 0.4) is 0 Å². The first kappa shape index (κ1) is 13.3. The molecule has 0 bridgehead atoms. The van der Waals surface area contributed by atoms with Gasteiger partial charge < -0.3 is 10.4 Å². The van der Waals surface area contributed by atoms with E-state index in [1.165, 1.54) is 26.7 Å². The van der Waals surface area contributed by atoms with E-state index in [1.54, 1.807) is 11.3 Å². The molecule has 0 aliphatic carbocycles. The Morgan fingerprint density at radius 1 is 1.39 bits per heavy atom. The van der Waals surface area contributed by atoms with Crippen LogP contribution in [0, 0.1) is 13.8 Å². The summed E-state index contributed by atoms with van der Waals surface area (Å²) < 4.78 is 0. The molecule has 18 heavy (non-hydrogen) atoms. The van der Waals surface area contributed by atoms with Crippen molar-refractivity contribution in [1.82, 2.24) is 5.32 Å². The summed E-state index contributed by atoms with van der Waals surface area (Å²) in [6.07, 6.45) is 0. The molecule has 0 unspecified atom stereocenters. The van der Waals surface area contributed by atoms with Crippen molar-refractivity contribution in [2.24, 2.45) is 0 Å². The predicted octanol–water partition coefficient (Wildman–Crippen LogP) is 3.41. The fourth-order valence-electron chi connectivity index (χ4n) is 1.72. The minimum atomic E-state index is -0.843.